The molecule has 0 aromatic heterocycles. The number of rotatable bonds is 7. The van der Waals surface area contributed by atoms with Gasteiger partial charge in [0.05, 0.1) is 0 Å². The molecule has 1 aromatic rings. The quantitative estimate of drug-likeness (QED) is 0.804. The Hall–Kier alpha value is -1.35. The fourth-order valence-electron chi connectivity index (χ4n) is 2.62. The molecule has 0 fully saturated rings. The molecule has 1 atom stereocenters. The van der Waals surface area contributed by atoms with Crippen LogP contribution >= 0.6 is 0 Å². The van der Waals surface area contributed by atoms with Crippen molar-refractivity contribution in [2.45, 2.75) is 52.5 Å². The van der Waals surface area contributed by atoms with E-state index in [2.05, 4.69) is 38.2 Å². The molecular weight excluding hydrogens is 248 g/mol. The van der Waals surface area contributed by atoms with E-state index in [9.17, 15) is 4.79 Å². The Morgan fingerprint density at radius 3 is 2.55 bits per heavy atom. The number of carbonyl (C=O) groups excluding carboxylic acids is 1. The van der Waals surface area contributed by atoms with Gasteiger partial charge in [0.25, 0.3) is 0 Å². The van der Waals surface area contributed by atoms with Crippen LogP contribution in [-0.4, -0.2) is 18.0 Å². The standard InChI is InChI=1S/C17H28N2O/c1-13(2)11-17(4,12-18)19-16(20)10-9-15-8-6-5-7-14(15)3/h5-8,13H,9-12,18H2,1-4H3,(H,19,20). The van der Waals surface area contributed by atoms with Crippen molar-refractivity contribution in [2.24, 2.45) is 11.7 Å². The zero-order valence-electron chi connectivity index (χ0n) is 13.2. The predicted molar refractivity (Wildman–Crippen MR) is 84.6 cm³/mol. The molecule has 1 rings (SSSR count). The number of carbonyl (C=O) groups is 1. The lowest BCUT2D eigenvalue weighted by Gasteiger charge is -2.31. The van der Waals surface area contributed by atoms with Crippen LogP contribution in [0.15, 0.2) is 24.3 Å². The molecule has 3 nitrogen and oxygen atoms in total. The molecule has 112 valence electrons. The van der Waals surface area contributed by atoms with Gasteiger partial charge in [-0.05, 0) is 43.7 Å². The molecule has 0 aliphatic carbocycles. The summed E-state index contributed by atoms with van der Waals surface area (Å²) in [6.07, 6.45) is 2.19. The highest BCUT2D eigenvalue weighted by Crippen LogP contribution is 2.16. The van der Waals surface area contributed by atoms with E-state index in [-0.39, 0.29) is 11.4 Å². The van der Waals surface area contributed by atoms with E-state index in [0.29, 0.717) is 18.9 Å². The summed E-state index contributed by atoms with van der Waals surface area (Å²) in [6, 6.07) is 8.20. The van der Waals surface area contributed by atoms with Crippen LogP contribution in [0.25, 0.3) is 0 Å². The Morgan fingerprint density at radius 1 is 1.35 bits per heavy atom. The summed E-state index contributed by atoms with van der Waals surface area (Å²) in [5.41, 5.74) is 8.00. The molecule has 0 aliphatic rings. The Labute approximate surface area is 122 Å². The molecule has 0 radical (unpaired) electrons. The molecule has 3 heteroatoms. The summed E-state index contributed by atoms with van der Waals surface area (Å²) in [5, 5.41) is 3.10. The SMILES string of the molecule is Cc1ccccc1CCC(=O)NC(C)(CN)CC(C)C. The summed E-state index contributed by atoms with van der Waals surface area (Å²) < 4.78 is 0. The van der Waals surface area contributed by atoms with Crippen molar-refractivity contribution in [1.82, 2.24) is 5.32 Å². The molecule has 1 unspecified atom stereocenters. The lowest BCUT2D eigenvalue weighted by Crippen LogP contribution is -2.52. The minimum absolute atomic E-state index is 0.0850. The second-order valence-corrected chi connectivity index (χ2v) is 6.34. The Morgan fingerprint density at radius 2 is 2.00 bits per heavy atom. The van der Waals surface area contributed by atoms with Crippen LogP contribution in [0.3, 0.4) is 0 Å². The first-order valence-corrected chi connectivity index (χ1v) is 7.42. The number of aryl methyl sites for hydroxylation is 2. The van der Waals surface area contributed by atoms with Gasteiger partial charge in [-0.15, -0.1) is 0 Å². The van der Waals surface area contributed by atoms with E-state index in [1.54, 1.807) is 0 Å². The highest BCUT2D eigenvalue weighted by atomic mass is 16.1. The van der Waals surface area contributed by atoms with Crippen molar-refractivity contribution in [3.63, 3.8) is 0 Å². The first kappa shape index (κ1) is 16.7. The fraction of sp³-hybridized carbons (Fsp3) is 0.588. The van der Waals surface area contributed by atoms with E-state index in [1.165, 1.54) is 11.1 Å². The summed E-state index contributed by atoms with van der Waals surface area (Å²) in [5.74, 6) is 0.599. The van der Waals surface area contributed by atoms with Crippen LogP contribution in [0.4, 0.5) is 0 Å². The molecule has 0 bridgehead atoms. The molecule has 20 heavy (non-hydrogen) atoms. The average molecular weight is 276 g/mol. The zero-order valence-corrected chi connectivity index (χ0v) is 13.2. The highest BCUT2D eigenvalue weighted by Gasteiger charge is 2.25. The fourth-order valence-corrected chi connectivity index (χ4v) is 2.62. The molecule has 1 aromatic carbocycles. The van der Waals surface area contributed by atoms with Gasteiger partial charge in [0.1, 0.15) is 0 Å². The van der Waals surface area contributed by atoms with Crippen molar-refractivity contribution in [2.75, 3.05) is 6.54 Å². The monoisotopic (exact) mass is 276 g/mol. The van der Waals surface area contributed by atoms with Crippen molar-refractivity contribution in [3.8, 4) is 0 Å². The first-order chi connectivity index (χ1) is 9.36. The maximum Gasteiger partial charge on any atom is 0.220 e. The lowest BCUT2D eigenvalue weighted by atomic mass is 9.90. The Bertz CT molecular complexity index is 442. The van der Waals surface area contributed by atoms with Crippen molar-refractivity contribution in [1.29, 1.82) is 0 Å². The summed E-state index contributed by atoms with van der Waals surface area (Å²) in [6.45, 7) is 8.87. The van der Waals surface area contributed by atoms with Gasteiger partial charge >= 0.3 is 0 Å². The van der Waals surface area contributed by atoms with Crippen LogP contribution in [0.2, 0.25) is 0 Å². The van der Waals surface area contributed by atoms with Crippen LogP contribution < -0.4 is 11.1 Å². The summed E-state index contributed by atoms with van der Waals surface area (Å²) >= 11 is 0. The summed E-state index contributed by atoms with van der Waals surface area (Å²) in [4.78, 5) is 12.1. The van der Waals surface area contributed by atoms with Crippen LogP contribution in [0.1, 0.15) is 44.7 Å². The van der Waals surface area contributed by atoms with E-state index >= 15 is 0 Å². The van der Waals surface area contributed by atoms with Crippen molar-refractivity contribution < 1.29 is 4.79 Å². The Kier molecular flexibility index (Phi) is 6.21. The van der Waals surface area contributed by atoms with Gasteiger partial charge in [-0.25, -0.2) is 0 Å². The predicted octanol–water partition coefficient (Wildman–Crippen LogP) is 2.81. The minimum Gasteiger partial charge on any atom is -0.350 e. The van der Waals surface area contributed by atoms with Crippen LogP contribution in [0.5, 0.6) is 0 Å². The largest absolute Gasteiger partial charge is 0.350 e. The van der Waals surface area contributed by atoms with Gasteiger partial charge < -0.3 is 11.1 Å². The van der Waals surface area contributed by atoms with Crippen LogP contribution in [0, 0.1) is 12.8 Å². The molecule has 0 heterocycles. The third-order valence-electron chi connectivity index (χ3n) is 3.63. The Balaban J connectivity index is 2.53. The van der Waals surface area contributed by atoms with Gasteiger partial charge in [-0.2, -0.15) is 0 Å². The summed E-state index contributed by atoms with van der Waals surface area (Å²) in [7, 11) is 0. The maximum absolute atomic E-state index is 12.1. The van der Waals surface area contributed by atoms with Gasteiger partial charge in [0.2, 0.25) is 5.91 Å². The van der Waals surface area contributed by atoms with Crippen LogP contribution in [-0.2, 0) is 11.2 Å². The molecule has 0 saturated carbocycles. The molecular formula is C17H28N2O. The highest BCUT2D eigenvalue weighted by molar-refractivity contribution is 5.77. The first-order valence-electron chi connectivity index (χ1n) is 7.42. The minimum atomic E-state index is -0.295. The van der Waals surface area contributed by atoms with Gasteiger partial charge in [0, 0.05) is 18.5 Å². The number of hydrogen-bond acceptors (Lipinski definition) is 2. The van der Waals surface area contributed by atoms with E-state index in [0.717, 1.165) is 12.8 Å². The number of hydrogen-bond donors (Lipinski definition) is 2. The smallest absolute Gasteiger partial charge is 0.220 e. The topological polar surface area (TPSA) is 55.1 Å². The third kappa shape index (κ3) is 5.33. The number of nitrogens with one attached hydrogen (secondary N) is 1. The second-order valence-electron chi connectivity index (χ2n) is 6.34. The molecule has 3 N–H and O–H groups in total. The van der Waals surface area contributed by atoms with Crippen molar-refractivity contribution in [3.05, 3.63) is 35.4 Å². The van der Waals surface area contributed by atoms with Gasteiger partial charge in [-0.1, -0.05) is 38.1 Å². The van der Waals surface area contributed by atoms with Gasteiger partial charge in [0.15, 0.2) is 0 Å². The van der Waals surface area contributed by atoms with E-state index < -0.39 is 0 Å². The normalized spacial score (nSPS) is 14.1. The lowest BCUT2D eigenvalue weighted by molar-refractivity contribution is -0.122. The molecule has 0 spiro atoms. The molecule has 1 amide bonds. The zero-order chi connectivity index (χ0) is 15.2. The number of amides is 1. The average Bonchev–Trinajstić information content (AvgIpc) is 2.36. The number of benzene rings is 1. The van der Waals surface area contributed by atoms with Gasteiger partial charge in [-0.3, -0.25) is 4.79 Å². The molecule has 0 aliphatic heterocycles. The third-order valence-corrected chi connectivity index (χ3v) is 3.63. The second kappa shape index (κ2) is 7.44. The van der Waals surface area contributed by atoms with E-state index in [1.807, 2.05) is 19.1 Å². The maximum atomic E-state index is 12.1. The van der Waals surface area contributed by atoms with Crippen molar-refractivity contribution >= 4 is 5.91 Å². The van der Waals surface area contributed by atoms with E-state index in [4.69, 9.17) is 5.73 Å². The number of nitrogens with two attached hydrogens (primary N) is 1. The molecule has 0 saturated heterocycles.